The zero-order valence-electron chi connectivity index (χ0n) is 16.9. The molecule has 29 heavy (non-hydrogen) atoms. The number of nitrogens with zero attached hydrogens (tertiary/aromatic N) is 2. The minimum absolute atomic E-state index is 0.0965. The van der Waals surface area contributed by atoms with E-state index in [4.69, 9.17) is 4.74 Å². The van der Waals surface area contributed by atoms with Gasteiger partial charge in [-0.2, -0.15) is 0 Å². The molecular weight excluding hydrogens is 370 g/mol. The fraction of sp³-hybridized carbons (Fsp3) is 0.318. The molecule has 1 aliphatic rings. The first-order valence-corrected chi connectivity index (χ1v) is 9.59. The molecule has 0 unspecified atom stereocenters. The van der Waals surface area contributed by atoms with Crippen LogP contribution in [0.5, 0.6) is 5.75 Å². The van der Waals surface area contributed by atoms with Crippen LogP contribution in [0, 0.1) is 0 Å². The number of hydrogen-bond acceptors (Lipinski definition) is 5. The summed E-state index contributed by atoms with van der Waals surface area (Å²) < 4.78 is 5.62. The van der Waals surface area contributed by atoms with Gasteiger partial charge in [-0.05, 0) is 43.8 Å². The minimum Gasteiger partial charge on any atom is -0.493 e. The van der Waals surface area contributed by atoms with Gasteiger partial charge >= 0.3 is 0 Å². The van der Waals surface area contributed by atoms with E-state index < -0.39 is 0 Å². The molecule has 3 amide bonds. The summed E-state index contributed by atoms with van der Waals surface area (Å²) in [4.78, 5) is 41.0. The number of carbonyl (C=O) groups excluding carboxylic acids is 3. The third-order valence-electron chi connectivity index (χ3n) is 4.84. The Morgan fingerprint density at radius 3 is 2.34 bits per heavy atom. The van der Waals surface area contributed by atoms with Crippen LogP contribution < -0.4 is 10.1 Å². The molecule has 2 aromatic carbocycles. The van der Waals surface area contributed by atoms with E-state index >= 15 is 0 Å². The zero-order chi connectivity index (χ0) is 21.0. The van der Waals surface area contributed by atoms with Gasteiger partial charge in [0.15, 0.2) is 0 Å². The second-order valence-electron chi connectivity index (χ2n) is 6.84. The number of hydrogen-bond donors (Lipinski definition) is 1. The maximum absolute atomic E-state index is 12.9. The number of ether oxygens (including phenoxy) is 1. The highest BCUT2D eigenvalue weighted by molar-refractivity contribution is 6.21. The standard InChI is InChI=1S/C22H25N3O4/c1-4-29-19-10-9-15(13-18(19)20(26)24(3)12-11-23-2)14-25-21(27)16-7-5-6-8-17(16)22(25)28/h5-10,13,23H,4,11-12,14H2,1-3H3. The Hall–Kier alpha value is -3.19. The smallest absolute Gasteiger partial charge is 0.261 e. The summed E-state index contributed by atoms with van der Waals surface area (Å²) in [5.74, 6) is -0.329. The molecule has 0 fully saturated rings. The van der Waals surface area contributed by atoms with Crippen molar-refractivity contribution in [3.63, 3.8) is 0 Å². The van der Waals surface area contributed by atoms with Gasteiger partial charge in [0.2, 0.25) is 0 Å². The van der Waals surface area contributed by atoms with Gasteiger partial charge in [0.25, 0.3) is 17.7 Å². The average molecular weight is 395 g/mol. The van der Waals surface area contributed by atoms with Crippen molar-refractivity contribution in [2.24, 2.45) is 0 Å². The van der Waals surface area contributed by atoms with E-state index in [-0.39, 0.29) is 24.3 Å². The van der Waals surface area contributed by atoms with Crippen molar-refractivity contribution in [2.75, 3.05) is 33.8 Å². The summed E-state index contributed by atoms with van der Waals surface area (Å²) in [7, 11) is 3.55. The van der Waals surface area contributed by atoms with E-state index in [0.29, 0.717) is 47.7 Å². The van der Waals surface area contributed by atoms with E-state index in [1.165, 1.54) is 4.90 Å². The van der Waals surface area contributed by atoms with Crippen LogP contribution in [0.25, 0.3) is 0 Å². The number of benzene rings is 2. The number of fused-ring (bicyclic) bond motifs is 1. The lowest BCUT2D eigenvalue weighted by atomic mass is 10.1. The Balaban J connectivity index is 1.87. The molecule has 1 aliphatic heterocycles. The Bertz CT molecular complexity index is 906. The van der Waals surface area contributed by atoms with Gasteiger partial charge in [-0.25, -0.2) is 0 Å². The lowest BCUT2D eigenvalue weighted by Gasteiger charge is -2.20. The summed E-state index contributed by atoms with van der Waals surface area (Å²) in [6.45, 7) is 3.59. The number of carbonyl (C=O) groups is 3. The molecule has 0 aliphatic carbocycles. The molecular formula is C22H25N3O4. The molecule has 0 spiro atoms. The van der Waals surface area contributed by atoms with E-state index in [1.54, 1.807) is 54.4 Å². The summed E-state index contributed by atoms with van der Waals surface area (Å²) in [6, 6.07) is 12.0. The van der Waals surface area contributed by atoms with E-state index in [1.807, 2.05) is 14.0 Å². The van der Waals surface area contributed by atoms with Crippen LogP contribution >= 0.6 is 0 Å². The largest absolute Gasteiger partial charge is 0.493 e. The second-order valence-corrected chi connectivity index (χ2v) is 6.84. The fourth-order valence-electron chi connectivity index (χ4n) is 3.28. The SMILES string of the molecule is CCOc1ccc(CN2C(=O)c3ccccc3C2=O)cc1C(=O)N(C)CCNC. The highest BCUT2D eigenvalue weighted by Gasteiger charge is 2.35. The molecule has 7 heteroatoms. The van der Waals surface area contributed by atoms with Crippen LogP contribution in [0.3, 0.4) is 0 Å². The Labute approximate surface area is 170 Å². The van der Waals surface area contributed by atoms with Crippen molar-refractivity contribution in [1.29, 1.82) is 0 Å². The van der Waals surface area contributed by atoms with Gasteiger partial charge in [-0.3, -0.25) is 19.3 Å². The van der Waals surface area contributed by atoms with Crippen molar-refractivity contribution in [1.82, 2.24) is 15.1 Å². The summed E-state index contributed by atoms with van der Waals surface area (Å²) in [6.07, 6.45) is 0. The van der Waals surface area contributed by atoms with Crippen LogP contribution in [-0.4, -0.2) is 61.3 Å². The lowest BCUT2D eigenvalue weighted by Crippen LogP contribution is -2.33. The van der Waals surface area contributed by atoms with E-state index in [2.05, 4.69) is 5.32 Å². The monoisotopic (exact) mass is 395 g/mol. The Morgan fingerprint density at radius 2 is 1.76 bits per heavy atom. The summed E-state index contributed by atoms with van der Waals surface area (Å²) in [5, 5.41) is 3.02. The summed E-state index contributed by atoms with van der Waals surface area (Å²) >= 11 is 0. The predicted octanol–water partition coefficient (Wildman–Crippen LogP) is 2.17. The number of likely N-dealkylation sites (N-methyl/N-ethyl adjacent to an activating group) is 2. The predicted molar refractivity (Wildman–Crippen MR) is 109 cm³/mol. The quantitative estimate of drug-likeness (QED) is 0.693. The molecule has 0 atom stereocenters. The molecule has 0 aromatic heterocycles. The maximum atomic E-state index is 12.9. The van der Waals surface area contributed by atoms with Gasteiger partial charge in [-0.1, -0.05) is 18.2 Å². The summed E-state index contributed by atoms with van der Waals surface area (Å²) in [5.41, 5.74) is 1.92. The van der Waals surface area contributed by atoms with Gasteiger partial charge in [-0.15, -0.1) is 0 Å². The van der Waals surface area contributed by atoms with Crippen LogP contribution in [0.15, 0.2) is 42.5 Å². The van der Waals surface area contributed by atoms with Crippen LogP contribution in [0.2, 0.25) is 0 Å². The van der Waals surface area contributed by atoms with Crippen molar-refractivity contribution in [3.05, 3.63) is 64.7 Å². The van der Waals surface area contributed by atoms with Crippen LogP contribution in [-0.2, 0) is 6.54 Å². The average Bonchev–Trinajstić information content (AvgIpc) is 2.97. The second kappa shape index (κ2) is 8.87. The zero-order valence-corrected chi connectivity index (χ0v) is 16.9. The maximum Gasteiger partial charge on any atom is 0.261 e. The molecule has 3 rings (SSSR count). The molecule has 1 heterocycles. The Kier molecular flexibility index (Phi) is 6.29. The van der Waals surface area contributed by atoms with Crippen molar-refractivity contribution in [2.45, 2.75) is 13.5 Å². The molecule has 0 saturated heterocycles. The fourth-order valence-corrected chi connectivity index (χ4v) is 3.28. The number of nitrogens with one attached hydrogen (secondary N) is 1. The van der Waals surface area contributed by atoms with Gasteiger partial charge in [0.05, 0.1) is 29.8 Å². The lowest BCUT2D eigenvalue weighted by molar-refractivity contribution is 0.0642. The van der Waals surface area contributed by atoms with Crippen molar-refractivity contribution >= 4 is 17.7 Å². The molecule has 2 aromatic rings. The molecule has 0 radical (unpaired) electrons. The highest BCUT2D eigenvalue weighted by Crippen LogP contribution is 2.27. The van der Waals surface area contributed by atoms with Crippen molar-refractivity contribution < 1.29 is 19.1 Å². The first-order chi connectivity index (χ1) is 14.0. The van der Waals surface area contributed by atoms with E-state index in [0.717, 1.165) is 0 Å². The normalized spacial score (nSPS) is 12.9. The first-order valence-electron chi connectivity index (χ1n) is 9.59. The molecule has 0 bridgehead atoms. The number of rotatable bonds is 8. The van der Waals surface area contributed by atoms with Gasteiger partial charge in [0, 0.05) is 20.1 Å². The third kappa shape index (κ3) is 4.14. The highest BCUT2D eigenvalue weighted by atomic mass is 16.5. The third-order valence-corrected chi connectivity index (χ3v) is 4.84. The van der Waals surface area contributed by atoms with Crippen LogP contribution in [0.4, 0.5) is 0 Å². The Morgan fingerprint density at radius 1 is 1.10 bits per heavy atom. The molecule has 152 valence electrons. The molecule has 7 nitrogen and oxygen atoms in total. The van der Waals surface area contributed by atoms with Gasteiger partial charge in [0.1, 0.15) is 5.75 Å². The number of amides is 3. The van der Waals surface area contributed by atoms with Crippen molar-refractivity contribution in [3.8, 4) is 5.75 Å². The first kappa shape index (κ1) is 20.5. The molecule has 1 N–H and O–H groups in total. The minimum atomic E-state index is -0.321. The van der Waals surface area contributed by atoms with E-state index in [9.17, 15) is 14.4 Å². The molecule has 0 saturated carbocycles. The van der Waals surface area contributed by atoms with Gasteiger partial charge < -0.3 is 15.0 Å². The topological polar surface area (TPSA) is 79.0 Å². The number of imide groups is 1. The van der Waals surface area contributed by atoms with Crippen LogP contribution in [0.1, 0.15) is 43.6 Å².